The molecule has 0 saturated carbocycles. The van der Waals surface area contributed by atoms with Crippen LogP contribution < -0.4 is 0 Å². The van der Waals surface area contributed by atoms with Gasteiger partial charge in [0, 0.05) is 11.2 Å². The van der Waals surface area contributed by atoms with Crippen molar-refractivity contribution in [2.24, 2.45) is 5.16 Å². The van der Waals surface area contributed by atoms with Gasteiger partial charge in [0.05, 0.1) is 17.2 Å². The summed E-state index contributed by atoms with van der Waals surface area (Å²) in [6, 6.07) is 12.6. The number of hydrogen-bond acceptors (Lipinski definition) is 4. The molecule has 1 heterocycles. The normalized spacial score (nSPS) is 21.6. The summed E-state index contributed by atoms with van der Waals surface area (Å²) < 4.78 is 50.7. The monoisotopic (exact) mass is 389 g/mol. The van der Waals surface area contributed by atoms with Gasteiger partial charge in [-0.3, -0.25) is 0 Å². The van der Waals surface area contributed by atoms with Crippen molar-refractivity contribution in [1.82, 2.24) is 0 Å². The molecule has 3 rings (SSSR count). The second-order valence-electron chi connectivity index (χ2n) is 5.31. The second-order valence-corrected chi connectivity index (χ2v) is 7.17. The minimum atomic E-state index is -4.95. The van der Waals surface area contributed by atoms with Crippen LogP contribution >= 0.6 is 11.6 Å². The van der Waals surface area contributed by atoms with Crippen molar-refractivity contribution in [2.75, 3.05) is 0 Å². The molecule has 0 fully saturated rings. The van der Waals surface area contributed by atoms with Gasteiger partial charge in [-0.05, 0) is 42.0 Å². The predicted octanol–water partition coefficient (Wildman–Crippen LogP) is 3.88. The first-order valence-corrected chi connectivity index (χ1v) is 8.55. The van der Waals surface area contributed by atoms with Crippen molar-refractivity contribution < 1.29 is 27.7 Å². The molecule has 9 heteroatoms. The number of oxime groups is 1. The van der Waals surface area contributed by atoms with E-state index in [4.69, 9.17) is 11.6 Å². The van der Waals surface area contributed by atoms with E-state index in [2.05, 4.69) is 9.99 Å². The number of halogens is 4. The minimum absolute atomic E-state index is 0.0464. The maximum absolute atomic E-state index is 12.7. The third kappa shape index (κ3) is 3.48. The highest BCUT2D eigenvalue weighted by atomic mass is 35.5. The Hall–Kier alpha value is -1.74. The van der Waals surface area contributed by atoms with Crippen molar-refractivity contribution in [3.63, 3.8) is 0 Å². The standard InChI is InChI=1S/C16H11ClF3NO3S/c17-12-3-1-2-4-14(12)25(23)11-7-5-10(6-8-11)13-9-15(22,24-21-13)16(18,19)20/h1-8,22H,9H2. The Morgan fingerprint density at radius 1 is 1.16 bits per heavy atom. The van der Waals surface area contributed by atoms with Crippen LogP contribution in [-0.4, -0.2) is 27.3 Å². The van der Waals surface area contributed by atoms with Gasteiger partial charge < -0.3 is 14.5 Å². The van der Waals surface area contributed by atoms with Crippen LogP contribution in [-0.2, 0) is 16.0 Å². The zero-order chi connectivity index (χ0) is 18.2. The van der Waals surface area contributed by atoms with Crippen molar-refractivity contribution in [2.45, 2.75) is 28.2 Å². The summed E-state index contributed by atoms with van der Waals surface area (Å²) in [5, 5.41) is 13.1. The van der Waals surface area contributed by atoms with Crippen molar-refractivity contribution in [3.05, 3.63) is 59.1 Å². The minimum Gasteiger partial charge on any atom is -0.606 e. The molecule has 0 spiro atoms. The molecule has 0 radical (unpaired) electrons. The van der Waals surface area contributed by atoms with E-state index in [0.29, 0.717) is 20.4 Å². The highest BCUT2D eigenvalue weighted by Gasteiger charge is 2.60. The molecule has 2 aromatic carbocycles. The third-order valence-electron chi connectivity index (χ3n) is 3.59. The summed E-state index contributed by atoms with van der Waals surface area (Å²) in [5.74, 6) is -3.32. The number of rotatable bonds is 3. The van der Waals surface area contributed by atoms with Crippen LogP contribution in [0.2, 0.25) is 5.02 Å². The lowest BCUT2D eigenvalue weighted by atomic mass is 10.0. The van der Waals surface area contributed by atoms with E-state index in [9.17, 15) is 22.8 Å². The molecule has 0 amide bonds. The predicted molar refractivity (Wildman–Crippen MR) is 85.8 cm³/mol. The Balaban J connectivity index is 1.79. The van der Waals surface area contributed by atoms with Crippen LogP contribution in [0, 0.1) is 0 Å². The lowest BCUT2D eigenvalue weighted by Crippen LogP contribution is -2.45. The topological polar surface area (TPSA) is 64.9 Å². The van der Waals surface area contributed by atoms with E-state index >= 15 is 0 Å². The van der Waals surface area contributed by atoms with Crippen molar-refractivity contribution >= 4 is 28.5 Å². The lowest BCUT2D eigenvalue weighted by Gasteiger charge is -2.22. The average Bonchev–Trinajstić information content (AvgIpc) is 2.98. The van der Waals surface area contributed by atoms with E-state index < -0.39 is 29.6 Å². The molecule has 2 unspecified atom stereocenters. The Morgan fingerprint density at radius 3 is 2.36 bits per heavy atom. The number of aliphatic hydroxyl groups is 1. The molecule has 132 valence electrons. The van der Waals surface area contributed by atoms with Crippen LogP contribution in [0.3, 0.4) is 0 Å². The first-order valence-electron chi connectivity index (χ1n) is 7.02. The van der Waals surface area contributed by atoms with Crippen LogP contribution in [0.1, 0.15) is 12.0 Å². The number of alkyl halides is 3. The third-order valence-corrected chi connectivity index (χ3v) is 5.49. The zero-order valence-corrected chi connectivity index (χ0v) is 14.0. The van der Waals surface area contributed by atoms with Gasteiger partial charge in [-0.1, -0.05) is 28.9 Å². The van der Waals surface area contributed by atoms with E-state index in [1.54, 1.807) is 24.3 Å². The highest BCUT2D eigenvalue weighted by molar-refractivity contribution is 7.91. The number of hydrogen-bond donors (Lipinski definition) is 1. The quantitative estimate of drug-likeness (QED) is 0.810. The van der Waals surface area contributed by atoms with Crippen LogP contribution in [0.25, 0.3) is 0 Å². The molecular formula is C16H11ClF3NO3S. The lowest BCUT2D eigenvalue weighted by molar-refractivity contribution is -0.355. The van der Waals surface area contributed by atoms with E-state index in [1.807, 2.05) is 0 Å². The molecule has 1 aliphatic heterocycles. The molecule has 0 bridgehead atoms. The Labute approximate surface area is 149 Å². The molecule has 0 aromatic heterocycles. The van der Waals surface area contributed by atoms with Crippen molar-refractivity contribution in [1.29, 1.82) is 0 Å². The van der Waals surface area contributed by atoms with Gasteiger partial charge in [-0.25, -0.2) is 0 Å². The van der Waals surface area contributed by atoms with Gasteiger partial charge in [0.25, 0.3) is 0 Å². The Kier molecular flexibility index (Phi) is 4.72. The molecular weight excluding hydrogens is 379 g/mol. The first-order chi connectivity index (χ1) is 11.7. The van der Waals surface area contributed by atoms with E-state index in [0.717, 1.165) is 0 Å². The van der Waals surface area contributed by atoms with E-state index in [-0.39, 0.29) is 5.71 Å². The molecule has 0 aliphatic carbocycles. The summed E-state index contributed by atoms with van der Waals surface area (Å²) in [7, 11) is 0. The van der Waals surface area contributed by atoms with Gasteiger partial charge in [0.15, 0.2) is 9.79 Å². The maximum Gasteiger partial charge on any atom is 0.458 e. The van der Waals surface area contributed by atoms with Crippen LogP contribution in [0.5, 0.6) is 0 Å². The number of nitrogens with zero attached hydrogens (tertiary/aromatic N) is 1. The fraction of sp³-hybridized carbons (Fsp3) is 0.188. The smallest absolute Gasteiger partial charge is 0.458 e. The highest BCUT2D eigenvalue weighted by Crippen LogP contribution is 2.39. The Bertz CT molecular complexity index is 813. The fourth-order valence-corrected chi connectivity index (χ4v) is 3.65. The van der Waals surface area contributed by atoms with Crippen LogP contribution in [0.4, 0.5) is 13.2 Å². The van der Waals surface area contributed by atoms with Crippen LogP contribution in [0.15, 0.2) is 63.5 Å². The molecule has 0 saturated heterocycles. The van der Waals surface area contributed by atoms with Gasteiger partial charge in [0.2, 0.25) is 0 Å². The summed E-state index contributed by atoms with van der Waals surface area (Å²) in [4.78, 5) is 5.04. The molecule has 1 N–H and O–H groups in total. The largest absolute Gasteiger partial charge is 0.606 e. The number of benzene rings is 2. The molecule has 1 aliphatic rings. The summed E-state index contributed by atoms with van der Waals surface area (Å²) >= 11 is 4.49. The summed E-state index contributed by atoms with van der Waals surface area (Å²) in [6.45, 7) is 0. The van der Waals surface area contributed by atoms with Gasteiger partial charge in [-0.2, -0.15) is 13.2 Å². The fourth-order valence-electron chi connectivity index (χ4n) is 2.22. The van der Waals surface area contributed by atoms with E-state index in [1.165, 1.54) is 24.3 Å². The molecule has 2 atom stereocenters. The SMILES string of the molecule is [O-][S+](c1ccc(C2=NOC(O)(C(F)(F)F)C2)cc1)c1ccccc1Cl. The van der Waals surface area contributed by atoms with Crippen molar-refractivity contribution in [3.8, 4) is 0 Å². The van der Waals surface area contributed by atoms with Gasteiger partial charge in [0.1, 0.15) is 0 Å². The average molecular weight is 390 g/mol. The summed E-state index contributed by atoms with van der Waals surface area (Å²) in [5.41, 5.74) is 0.287. The maximum atomic E-state index is 12.7. The molecule has 4 nitrogen and oxygen atoms in total. The zero-order valence-electron chi connectivity index (χ0n) is 12.5. The summed E-state index contributed by atoms with van der Waals surface area (Å²) in [6.07, 6.45) is -5.77. The molecule has 2 aromatic rings. The molecule has 25 heavy (non-hydrogen) atoms. The Morgan fingerprint density at radius 2 is 1.80 bits per heavy atom. The van der Waals surface area contributed by atoms with Gasteiger partial charge in [-0.15, -0.1) is 0 Å². The van der Waals surface area contributed by atoms with Gasteiger partial charge >= 0.3 is 12.0 Å². The first kappa shape index (κ1) is 18.1. The second kappa shape index (κ2) is 6.53.